The van der Waals surface area contributed by atoms with Gasteiger partial charge in [0.1, 0.15) is 0 Å². The number of H-pyrrole nitrogens is 1. The van der Waals surface area contributed by atoms with Crippen molar-refractivity contribution in [3.05, 3.63) is 88.2 Å². The molecule has 30 heavy (non-hydrogen) atoms. The van der Waals surface area contributed by atoms with Gasteiger partial charge in [0.25, 0.3) is 5.56 Å². The molecule has 1 atom stereocenters. The highest BCUT2D eigenvalue weighted by atomic mass is 16.2. The average molecular weight is 399 g/mol. The monoisotopic (exact) mass is 399 g/mol. The zero-order chi connectivity index (χ0) is 20.7. The van der Waals surface area contributed by atoms with Gasteiger partial charge in [0, 0.05) is 55.1 Å². The lowest BCUT2D eigenvalue weighted by atomic mass is 10.0. The summed E-state index contributed by atoms with van der Waals surface area (Å²) in [6, 6.07) is 15.3. The van der Waals surface area contributed by atoms with Crippen LogP contribution in [0.3, 0.4) is 0 Å². The molecule has 1 fully saturated rings. The van der Waals surface area contributed by atoms with Crippen LogP contribution < -0.4 is 5.56 Å². The molecule has 3 aromatic heterocycles. The molecular weight excluding hydrogens is 378 g/mol. The Labute approximate surface area is 173 Å². The summed E-state index contributed by atoms with van der Waals surface area (Å²) in [5.74, 6) is -0.0248. The maximum atomic E-state index is 12.8. The number of benzene rings is 1. The number of aromatic amines is 1. The quantitative estimate of drug-likeness (QED) is 0.572. The molecule has 150 valence electrons. The van der Waals surface area contributed by atoms with Crippen molar-refractivity contribution in [2.45, 2.75) is 25.8 Å². The minimum atomic E-state index is -0.166. The number of likely N-dealkylation sites (tertiary alicyclic amines) is 1. The number of fused-ring (bicyclic) bond motifs is 1. The van der Waals surface area contributed by atoms with Crippen LogP contribution in [0.15, 0.2) is 65.7 Å². The van der Waals surface area contributed by atoms with E-state index in [9.17, 15) is 9.59 Å². The summed E-state index contributed by atoms with van der Waals surface area (Å²) in [5.41, 5.74) is 4.93. The Morgan fingerprint density at radius 1 is 1.10 bits per heavy atom. The van der Waals surface area contributed by atoms with E-state index in [2.05, 4.69) is 10.1 Å². The molecule has 5 rings (SSSR count). The van der Waals surface area contributed by atoms with Crippen LogP contribution in [0.1, 0.15) is 29.3 Å². The lowest BCUT2D eigenvalue weighted by Crippen LogP contribution is -2.24. The third-order valence-electron chi connectivity index (χ3n) is 5.63. The van der Waals surface area contributed by atoms with Gasteiger partial charge in [-0.15, -0.1) is 0 Å². The van der Waals surface area contributed by atoms with E-state index in [0.29, 0.717) is 30.9 Å². The predicted molar refractivity (Wildman–Crippen MR) is 113 cm³/mol. The number of pyridine rings is 1. The van der Waals surface area contributed by atoms with Crippen LogP contribution in [0.25, 0.3) is 16.8 Å². The number of aromatic nitrogens is 4. The third kappa shape index (κ3) is 3.18. The third-order valence-corrected chi connectivity index (χ3v) is 5.63. The standard InChI is InChI=1S/C23H21N5O2/c1-15-22(17-5-3-2-4-6-17)23-25-19(12-21(30)28(23)26-15)18-11-20(29)27(14-18)13-16-7-9-24-10-8-16/h2-10,12,18,26H,11,13-14H2,1H3/t18-/m0/s1. The number of aryl methyl sites for hydroxylation is 1. The van der Waals surface area contributed by atoms with Crippen molar-refractivity contribution in [1.29, 1.82) is 0 Å². The second-order valence-corrected chi connectivity index (χ2v) is 7.69. The molecule has 0 aliphatic carbocycles. The molecule has 0 spiro atoms. The molecule has 4 aromatic rings. The summed E-state index contributed by atoms with van der Waals surface area (Å²) in [6.07, 6.45) is 3.81. The first-order valence-electron chi connectivity index (χ1n) is 9.94. The molecule has 1 amide bonds. The largest absolute Gasteiger partial charge is 0.338 e. The van der Waals surface area contributed by atoms with Gasteiger partial charge in [0.05, 0.1) is 5.69 Å². The molecule has 1 aliphatic heterocycles. The first-order chi connectivity index (χ1) is 14.6. The van der Waals surface area contributed by atoms with Crippen LogP contribution in [0.5, 0.6) is 0 Å². The van der Waals surface area contributed by atoms with Crippen molar-refractivity contribution in [2.24, 2.45) is 0 Å². The normalized spacial score (nSPS) is 16.5. The van der Waals surface area contributed by atoms with Gasteiger partial charge in [-0.1, -0.05) is 30.3 Å². The lowest BCUT2D eigenvalue weighted by Gasteiger charge is -2.16. The van der Waals surface area contributed by atoms with Crippen molar-refractivity contribution < 1.29 is 4.79 Å². The van der Waals surface area contributed by atoms with E-state index in [1.807, 2.05) is 54.3 Å². The van der Waals surface area contributed by atoms with Crippen molar-refractivity contribution in [3.63, 3.8) is 0 Å². The van der Waals surface area contributed by atoms with Crippen LogP contribution in [-0.4, -0.2) is 36.9 Å². The fourth-order valence-corrected chi connectivity index (χ4v) is 4.16. The van der Waals surface area contributed by atoms with E-state index in [-0.39, 0.29) is 17.4 Å². The zero-order valence-corrected chi connectivity index (χ0v) is 16.6. The van der Waals surface area contributed by atoms with Gasteiger partial charge < -0.3 is 4.90 Å². The molecule has 0 radical (unpaired) electrons. The Morgan fingerprint density at radius 2 is 1.87 bits per heavy atom. The highest BCUT2D eigenvalue weighted by Crippen LogP contribution is 2.30. The molecule has 0 unspecified atom stereocenters. The smallest absolute Gasteiger partial charge is 0.272 e. The van der Waals surface area contributed by atoms with E-state index in [4.69, 9.17) is 4.98 Å². The van der Waals surface area contributed by atoms with Gasteiger partial charge in [-0.05, 0) is 30.2 Å². The van der Waals surface area contributed by atoms with E-state index >= 15 is 0 Å². The Bertz CT molecular complexity index is 1280. The average Bonchev–Trinajstić information content (AvgIpc) is 3.29. The lowest BCUT2D eigenvalue weighted by molar-refractivity contribution is -0.128. The SMILES string of the molecule is Cc1[nH]n2c(=O)cc([C@H]3CC(=O)N(Cc4ccncc4)C3)nc2c1-c1ccccc1. The summed E-state index contributed by atoms with van der Waals surface area (Å²) >= 11 is 0. The van der Waals surface area contributed by atoms with Gasteiger partial charge in [0.15, 0.2) is 5.65 Å². The summed E-state index contributed by atoms with van der Waals surface area (Å²) in [6.45, 7) is 3.02. The summed E-state index contributed by atoms with van der Waals surface area (Å²) in [7, 11) is 0. The molecule has 7 nitrogen and oxygen atoms in total. The first kappa shape index (κ1) is 18.3. The summed E-state index contributed by atoms with van der Waals surface area (Å²) < 4.78 is 1.48. The van der Waals surface area contributed by atoms with Crippen molar-refractivity contribution >= 4 is 11.6 Å². The van der Waals surface area contributed by atoms with Gasteiger partial charge in [0.2, 0.25) is 5.91 Å². The topological polar surface area (TPSA) is 83.4 Å². The maximum absolute atomic E-state index is 12.8. The minimum absolute atomic E-state index is 0.0762. The van der Waals surface area contributed by atoms with Crippen LogP contribution in [0.4, 0.5) is 0 Å². The van der Waals surface area contributed by atoms with Gasteiger partial charge in [-0.25, -0.2) is 9.50 Å². The highest BCUT2D eigenvalue weighted by molar-refractivity contribution is 5.81. The second kappa shape index (κ2) is 7.26. The second-order valence-electron chi connectivity index (χ2n) is 7.69. The van der Waals surface area contributed by atoms with E-state index in [1.165, 1.54) is 4.52 Å². The number of nitrogens with one attached hydrogen (secondary N) is 1. The molecule has 1 saturated heterocycles. The van der Waals surface area contributed by atoms with Crippen molar-refractivity contribution in [2.75, 3.05) is 6.54 Å². The molecule has 4 heterocycles. The Balaban J connectivity index is 1.51. The van der Waals surface area contributed by atoms with E-state index in [1.54, 1.807) is 18.5 Å². The number of rotatable bonds is 4. The number of hydrogen-bond acceptors (Lipinski definition) is 4. The minimum Gasteiger partial charge on any atom is -0.338 e. The van der Waals surface area contributed by atoms with Gasteiger partial charge in [-0.2, -0.15) is 0 Å². The molecule has 1 aliphatic rings. The van der Waals surface area contributed by atoms with Crippen LogP contribution in [-0.2, 0) is 11.3 Å². The fraction of sp³-hybridized carbons (Fsp3) is 0.217. The molecule has 1 aromatic carbocycles. The Kier molecular flexibility index (Phi) is 4.43. The van der Waals surface area contributed by atoms with Crippen molar-refractivity contribution in [3.8, 4) is 11.1 Å². The van der Waals surface area contributed by atoms with Gasteiger partial charge >= 0.3 is 0 Å². The van der Waals surface area contributed by atoms with Crippen molar-refractivity contribution in [1.82, 2.24) is 24.5 Å². The number of amides is 1. The number of hydrogen-bond donors (Lipinski definition) is 1. The molecular formula is C23H21N5O2. The molecule has 0 saturated carbocycles. The Morgan fingerprint density at radius 3 is 2.63 bits per heavy atom. The molecule has 0 bridgehead atoms. The Hall–Kier alpha value is -3.74. The first-order valence-corrected chi connectivity index (χ1v) is 9.94. The summed E-state index contributed by atoms with van der Waals surface area (Å²) in [5, 5.41) is 3.12. The molecule has 1 N–H and O–H groups in total. The number of nitrogens with zero attached hydrogens (tertiary/aromatic N) is 4. The van der Waals surface area contributed by atoms with Crippen LogP contribution in [0, 0.1) is 6.92 Å². The van der Waals surface area contributed by atoms with E-state index in [0.717, 1.165) is 22.4 Å². The number of carbonyl (C=O) groups excluding carboxylic acids is 1. The fourth-order valence-electron chi connectivity index (χ4n) is 4.16. The summed E-state index contributed by atoms with van der Waals surface area (Å²) in [4.78, 5) is 36.1. The zero-order valence-electron chi connectivity index (χ0n) is 16.6. The predicted octanol–water partition coefficient (Wildman–Crippen LogP) is 2.91. The van der Waals surface area contributed by atoms with Gasteiger partial charge in [-0.3, -0.25) is 19.7 Å². The van der Waals surface area contributed by atoms with E-state index < -0.39 is 0 Å². The van der Waals surface area contributed by atoms with Crippen LogP contribution in [0.2, 0.25) is 0 Å². The van der Waals surface area contributed by atoms with Crippen LogP contribution >= 0.6 is 0 Å². The molecule has 7 heteroatoms. The maximum Gasteiger partial charge on any atom is 0.272 e. The number of carbonyl (C=O) groups is 1. The highest BCUT2D eigenvalue weighted by Gasteiger charge is 2.32.